The predicted octanol–water partition coefficient (Wildman–Crippen LogP) is 2.60. The molecule has 1 heterocycles. The first kappa shape index (κ1) is 14.0. The lowest BCUT2D eigenvalue weighted by atomic mass is 10.2. The number of nitrogens with zero attached hydrogens (tertiary/aromatic N) is 1. The van der Waals surface area contributed by atoms with E-state index in [2.05, 4.69) is 24.2 Å². The quantitative estimate of drug-likeness (QED) is 0.886. The fourth-order valence-corrected chi connectivity index (χ4v) is 2.57. The van der Waals surface area contributed by atoms with Crippen LogP contribution in [0.5, 0.6) is 11.5 Å². The number of ether oxygens (including phenoxy) is 2. The van der Waals surface area contributed by atoms with Crippen LogP contribution in [-0.2, 0) is 0 Å². The third-order valence-electron chi connectivity index (χ3n) is 3.72. The van der Waals surface area contributed by atoms with Crippen molar-refractivity contribution in [3.63, 3.8) is 0 Å². The van der Waals surface area contributed by atoms with Crippen molar-refractivity contribution in [2.75, 3.05) is 32.6 Å². The van der Waals surface area contributed by atoms with Gasteiger partial charge in [0.1, 0.15) is 0 Å². The van der Waals surface area contributed by atoms with Gasteiger partial charge in [-0.25, -0.2) is 0 Å². The summed E-state index contributed by atoms with van der Waals surface area (Å²) in [7, 11) is 3.84. The second kappa shape index (κ2) is 6.15. The molecule has 4 nitrogen and oxygen atoms in total. The average molecular weight is 264 g/mol. The van der Waals surface area contributed by atoms with E-state index >= 15 is 0 Å². The second-order valence-corrected chi connectivity index (χ2v) is 5.16. The van der Waals surface area contributed by atoms with Gasteiger partial charge in [0.2, 0.25) is 0 Å². The summed E-state index contributed by atoms with van der Waals surface area (Å²) in [6.45, 7) is 5.97. The molecule has 0 radical (unpaired) electrons. The third-order valence-corrected chi connectivity index (χ3v) is 3.72. The fourth-order valence-electron chi connectivity index (χ4n) is 2.57. The van der Waals surface area contributed by atoms with E-state index in [0.717, 1.165) is 23.7 Å². The Balaban J connectivity index is 2.06. The molecule has 1 saturated heterocycles. The zero-order valence-corrected chi connectivity index (χ0v) is 12.3. The highest BCUT2D eigenvalue weighted by molar-refractivity contribution is 5.55. The van der Waals surface area contributed by atoms with Crippen LogP contribution in [0.25, 0.3) is 0 Å². The molecular formula is C15H24N2O2. The minimum absolute atomic E-state index is 0.503. The molecule has 0 amide bonds. The highest BCUT2D eigenvalue weighted by Crippen LogP contribution is 2.31. The predicted molar refractivity (Wildman–Crippen MR) is 78.3 cm³/mol. The highest BCUT2D eigenvalue weighted by atomic mass is 16.5. The number of methoxy groups -OCH3 is 1. The molecule has 0 aromatic heterocycles. The van der Waals surface area contributed by atoms with Gasteiger partial charge in [0, 0.05) is 30.4 Å². The SMILES string of the molecule is CCOc1cc(NC2CC(C)N(C)C2)ccc1OC. The number of hydrogen-bond acceptors (Lipinski definition) is 4. The molecule has 1 aliphatic rings. The highest BCUT2D eigenvalue weighted by Gasteiger charge is 2.25. The molecule has 2 unspecified atom stereocenters. The van der Waals surface area contributed by atoms with Crippen LogP contribution in [0.4, 0.5) is 5.69 Å². The number of benzene rings is 1. The van der Waals surface area contributed by atoms with E-state index in [4.69, 9.17) is 9.47 Å². The molecule has 1 N–H and O–H groups in total. The van der Waals surface area contributed by atoms with Crippen LogP contribution < -0.4 is 14.8 Å². The van der Waals surface area contributed by atoms with Gasteiger partial charge in [-0.2, -0.15) is 0 Å². The fraction of sp³-hybridized carbons (Fsp3) is 0.600. The van der Waals surface area contributed by atoms with Gasteiger partial charge < -0.3 is 19.7 Å². The summed E-state index contributed by atoms with van der Waals surface area (Å²) in [4.78, 5) is 2.38. The smallest absolute Gasteiger partial charge is 0.163 e. The summed E-state index contributed by atoms with van der Waals surface area (Å²) in [6.07, 6.45) is 1.17. The molecule has 2 atom stereocenters. The third kappa shape index (κ3) is 3.32. The molecule has 0 aliphatic carbocycles. The van der Waals surface area contributed by atoms with Gasteiger partial charge in [-0.1, -0.05) is 0 Å². The molecule has 1 aromatic carbocycles. The summed E-state index contributed by atoms with van der Waals surface area (Å²) >= 11 is 0. The van der Waals surface area contributed by atoms with Crippen molar-refractivity contribution < 1.29 is 9.47 Å². The van der Waals surface area contributed by atoms with E-state index in [9.17, 15) is 0 Å². The van der Waals surface area contributed by atoms with Crippen molar-refractivity contribution in [3.8, 4) is 11.5 Å². The number of rotatable bonds is 5. The normalized spacial score (nSPS) is 23.4. The Morgan fingerprint density at radius 3 is 2.74 bits per heavy atom. The Bertz CT molecular complexity index is 413. The Labute approximate surface area is 115 Å². The lowest BCUT2D eigenvalue weighted by Gasteiger charge is -2.16. The zero-order chi connectivity index (χ0) is 13.8. The molecule has 2 rings (SSSR count). The summed E-state index contributed by atoms with van der Waals surface area (Å²) in [6, 6.07) is 7.16. The van der Waals surface area contributed by atoms with E-state index in [-0.39, 0.29) is 0 Å². The summed E-state index contributed by atoms with van der Waals surface area (Å²) in [5.74, 6) is 1.58. The molecule has 1 fully saturated rings. The monoisotopic (exact) mass is 264 g/mol. The van der Waals surface area contributed by atoms with Crippen LogP contribution in [0.1, 0.15) is 20.3 Å². The van der Waals surface area contributed by atoms with E-state index < -0.39 is 0 Å². The molecule has 0 spiro atoms. The number of hydrogen-bond donors (Lipinski definition) is 1. The summed E-state index contributed by atoms with van der Waals surface area (Å²) in [5, 5.41) is 3.57. The maximum atomic E-state index is 5.60. The maximum absolute atomic E-state index is 5.60. The number of nitrogens with one attached hydrogen (secondary N) is 1. The van der Waals surface area contributed by atoms with Crippen molar-refractivity contribution in [1.82, 2.24) is 4.90 Å². The van der Waals surface area contributed by atoms with Crippen molar-refractivity contribution >= 4 is 5.69 Å². The van der Waals surface area contributed by atoms with Crippen LogP contribution in [0.3, 0.4) is 0 Å². The van der Waals surface area contributed by atoms with Gasteiger partial charge in [-0.3, -0.25) is 0 Å². The van der Waals surface area contributed by atoms with Crippen LogP contribution in [0.2, 0.25) is 0 Å². The lowest BCUT2D eigenvalue weighted by molar-refractivity contribution is 0.311. The Hall–Kier alpha value is -1.42. The first-order valence-corrected chi connectivity index (χ1v) is 6.91. The summed E-state index contributed by atoms with van der Waals surface area (Å²) < 4.78 is 10.9. The van der Waals surface area contributed by atoms with Gasteiger partial charge in [0.05, 0.1) is 13.7 Å². The van der Waals surface area contributed by atoms with Crippen LogP contribution in [-0.4, -0.2) is 44.3 Å². The first-order chi connectivity index (χ1) is 9.13. The van der Waals surface area contributed by atoms with E-state index in [1.165, 1.54) is 6.42 Å². The van der Waals surface area contributed by atoms with E-state index in [1.807, 2.05) is 25.1 Å². The zero-order valence-electron chi connectivity index (χ0n) is 12.3. The second-order valence-electron chi connectivity index (χ2n) is 5.16. The van der Waals surface area contributed by atoms with E-state index in [1.54, 1.807) is 7.11 Å². The van der Waals surface area contributed by atoms with Crippen molar-refractivity contribution in [1.29, 1.82) is 0 Å². The Morgan fingerprint density at radius 1 is 1.37 bits per heavy atom. The van der Waals surface area contributed by atoms with Gasteiger partial charge in [-0.15, -0.1) is 0 Å². The minimum atomic E-state index is 0.503. The van der Waals surface area contributed by atoms with Gasteiger partial charge in [-0.05, 0) is 39.4 Å². The van der Waals surface area contributed by atoms with Gasteiger partial charge in [0.15, 0.2) is 11.5 Å². The van der Waals surface area contributed by atoms with Crippen LogP contribution in [0, 0.1) is 0 Å². The average Bonchev–Trinajstić information content (AvgIpc) is 2.69. The first-order valence-electron chi connectivity index (χ1n) is 6.91. The topological polar surface area (TPSA) is 33.7 Å². The van der Waals surface area contributed by atoms with Crippen molar-refractivity contribution in [3.05, 3.63) is 18.2 Å². The summed E-state index contributed by atoms with van der Waals surface area (Å²) in [5.41, 5.74) is 1.09. The molecule has 0 saturated carbocycles. The standard InChI is InChI=1S/C15H24N2O2/c1-5-19-15-9-12(6-7-14(15)18-4)16-13-8-11(2)17(3)10-13/h6-7,9,11,13,16H,5,8,10H2,1-4H3. The number of likely N-dealkylation sites (N-methyl/N-ethyl adjacent to an activating group) is 1. The molecule has 19 heavy (non-hydrogen) atoms. The maximum Gasteiger partial charge on any atom is 0.163 e. The van der Waals surface area contributed by atoms with Gasteiger partial charge in [0.25, 0.3) is 0 Å². The van der Waals surface area contributed by atoms with E-state index in [0.29, 0.717) is 18.7 Å². The molecule has 1 aromatic rings. The lowest BCUT2D eigenvalue weighted by Crippen LogP contribution is -2.24. The Morgan fingerprint density at radius 2 is 2.16 bits per heavy atom. The van der Waals surface area contributed by atoms with Gasteiger partial charge >= 0.3 is 0 Å². The molecule has 1 aliphatic heterocycles. The van der Waals surface area contributed by atoms with Crippen LogP contribution >= 0.6 is 0 Å². The minimum Gasteiger partial charge on any atom is -0.493 e. The Kier molecular flexibility index (Phi) is 4.53. The number of likely N-dealkylation sites (tertiary alicyclic amines) is 1. The molecular weight excluding hydrogens is 240 g/mol. The molecule has 4 heteroatoms. The van der Waals surface area contributed by atoms with Crippen LogP contribution in [0.15, 0.2) is 18.2 Å². The van der Waals surface area contributed by atoms with Crippen molar-refractivity contribution in [2.45, 2.75) is 32.4 Å². The largest absolute Gasteiger partial charge is 0.493 e. The number of anilines is 1. The molecule has 106 valence electrons. The van der Waals surface area contributed by atoms with Crippen molar-refractivity contribution in [2.24, 2.45) is 0 Å². The molecule has 0 bridgehead atoms.